The molecule has 0 saturated heterocycles. The minimum Gasteiger partial charge on any atom is -0.462 e. The molecule has 1 atom stereocenters. The Balaban J connectivity index is 4.49. The molecule has 334 valence electrons. The smallest absolute Gasteiger partial charge is 0.309 e. The van der Waals surface area contributed by atoms with Crippen LogP contribution in [-0.2, 0) is 28.6 Å². The highest BCUT2D eigenvalue weighted by Gasteiger charge is 2.19. The second-order valence-corrected chi connectivity index (χ2v) is 16.0. The third kappa shape index (κ3) is 44.2. The lowest BCUT2D eigenvalue weighted by Gasteiger charge is -2.18. The van der Waals surface area contributed by atoms with Crippen molar-refractivity contribution in [1.82, 2.24) is 0 Å². The van der Waals surface area contributed by atoms with E-state index in [1.54, 1.807) is 6.08 Å². The molecule has 0 saturated carbocycles. The standard InChI is InChI=1S/C52H90O6/c1-4-7-10-13-16-19-22-25-26-28-30-33-36-39-42-45-51(54)57-48-49(47-56-50(53)44-41-38-35-32-29-24-21-18-15-12-9-6-3)58-52(55)46-43-40-37-34-31-27-23-20-17-14-11-8-5-2/h7,10,16,19,25-26,30,33,39,42,49H,4-6,8-9,11-15,17-18,20-24,27-29,31-32,34-38,40-41,43-48H2,1-3H3/b10-7-,19-16-,26-25-,33-30-,42-39-. The molecule has 0 aliphatic carbocycles. The fraction of sp³-hybridized carbons (Fsp3) is 0.750. The van der Waals surface area contributed by atoms with Crippen molar-refractivity contribution in [1.29, 1.82) is 0 Å². The van der Waals surface area contributed by atoms with Gasteiger partial charge in [0.15, 0.2) is 6.10 Å². The zero-order valence-corrected chi connectivity index (χ0v) is 38.0. The molecule has 0 rings (SSSR count). The van der Waals surface area contributed by atoms with Gasteiger partial charge in [-0.1, -0.05) is 229 Å². The van der Waals surface area contributed by atoms with Crippen molar-refractivity contribution in [3.63, 3.8) is 0 Å². The van der Waals surface area contributed by atoms with Gasteiger partial charge in [0.25, 0.3) is 0 Å². The SMILES string of the molecule is CC/C=C\C/C=C\C/C=C\C/C=C\C/C=C\CC(=O)OCC(COC(=O)CCCCCCCCCCCCCC)OC(=O)CCCCCCCCCCCCCCC. The fourth-order valence-electron chi connectivity index (χ4n) is 6.69. The van der Waals surface area contributed by atoms with Crippen LogP contribution in [0.5, 0.6) is 0 Å². The molecular formula is C52H90O6. The molecule has 58 heavy (non-hydrogen) atoms. The minimum atomic E-state index is -0.808. The first kappa shape index (κ1) is 55.1. The van der Waals surface area contributed by atoms with Crippen LogP contribution in [0.25, 0.3) is 0 Å². The van der Waals surface area contributed by atoms with Crippen LogP contribution < -0.4 is 0 Å². The van der Waals surface area contributed by atoms with Gasteiger partial charge in [0, 0.05) is 12.8 Å². The first-order valence-electron chi connectivity index (χ1n) is 24.3. The largest absolute Gasteiger partial charge is 0.462 e. The molecule has 0 spiro atoms. The van der Waals surface area contributed by atoms with Crippen molar-refractivity contribution in [2.75, 3.05) is 13.2 Å². The Morgan fingerprint density at radius 2 is 0.672 bits per heavy atom. The molecule has 1 unspecified atom stereocenters. The van der Waals surface area contributed by atoms with Crippen molar-refractivity contribution in [2.24, 2.45) is 0 Å². The highest BCUT2D eigenvalue weighted by atomic mass is 16.6. The Kier molecular flexibility index (Phi) is 44.5. The highest BCUT2D eigenvalue weighted by molar-refractivity contribution is 5.72. The van der Waals surface area contributed by atoms with E-state index in [1.165, 1.54) is 122 Å². The van der Waals surface area contributed by atoms with Gasteiger partial charge in [-0.3, -0.25) is 14.4 Å². The summed E-state index contributed by atoms with van der Waals surface area (Å²) in [5, 5.41) is 0. The summed E-state index contributed by atoms with van der Waals surface area (Å²) in [6.45, 7) is 6.43. The third-order valence-corrected chi connectivity index (χ3v) is 10.3. The molecule has 0 radical (unpaired) electrons. The van der Waals surface area contributed by atoms with E-state index < -0.39 is 12.1 Å². The van der Waals surface area contributed by atoms with Crippen LogP contribution in [0.1, 0.15) is 233 Å². The van der Waals surface area contributed by atoms with E-state index in [9.17, 15) is 14.4 Å². The van der Waals surface area contributed by atoms with Crippen LogP contribution in [0.15, 0.2) is 60.8 Å². The maximum absolute atomic E-state index is 12.7. The van der Waals surface area contributed by atoms with Crippen LogP contribution in [0.3, 0.4) is 0 Å². The van der Waals surface area contributed by atoms with Crippen molar-refractivity contribution in [2.45, 2.75) is 239 Å². The van der Waals surface area contributed by atoms with Gasteiger partial charge in [-0.2, -0.15) is 0 Å². The Morgan fingerprint density at radius 3 is 1.05 bits per heavy atom. The number of allylic oxidation sites excluding steroid dienone is 9. The number of hydrogen-bond donors (Lipinski definition) is 0. The zero-order valence-electron chi connectivity index (χ0n) is 38.0. The quantitative estimate of drug-likeness (QED) is 0.0264. The second kappa shape index (κ2) is 46.8. The van der Waals surface area contributed by atoms with Crippen molar-refractivity contribution in [3.8, 4) is 0 Å². The Hall–Kier alpha value is -2.89. The molecule has 0 aromatic heterocycles. The topological polar surface area (TPSA) is 78.9 Å². The number of rotatable bonds is 43. The van der Waals surface area contributed by atoms with E-state index in [2.05, 4.69) is 69.4 Å². The predicted molar refractivity (Wildman–Crippen MR) is 247 cm³/mol. The van der Waals surface area contributed by atoms with Gasteiger partial charge in [-0.15, -0.1) is 0 Å². The van der Waals surface area contributed by atoms with Crippen molar-refractivity contribution >= 4 is 17.9 Å². The number of hydrogen-bond acceptors (Lipinski definition) is 6. The van der Waals surface area contributed by atoms with Crippen LogP contribution >= 0.6 is 0 Å². The Bertz CT molecular complexity index is 1070. The van der Waals surface area contributed by atoms with Gasteiger partial charge in [0.1, 0.15) is 13.2 Å². The number of ether oxygens (including phenoxy) is 3. The maximum atomic E-state index is 12.7. The van der Waals surface area contributed by atoms with Crippen LogP contribution in [0.2, 0.25) is 0 Å². The van der Waals surface area contributed by atoms with Gasteiger partial charge in [-0.25, -0.2) is 0 Å². The van der Waals surface area contributed by atoms with E-state index >= 15 is 0 Å². The summed E-state index contributed by atoms with van der Waals surface area (Å²) < 4.78 is 16.6. The van der Waals surface area contributed by atoms with E-state index in [1.807, 2.05) is 6.08 Å². The summed E-state index contributed by atoms with van der Waals surface area (Å²) >= 11 is 0. The number of esters is 3. The van der Waals surface area contributed by atoms with Gasteiger partial charge in [0.2, 0.25) is 0 Å². The molecular weight excluding hydrogens is 721 g/mol. The first-order valence-corrected chi connectivity index (χ1v) is 24.3. The van der Waals surface area contributed by atoms with Gasteiger partial charge < -0.3 is 14.2 Å². The Morgan fingerprint density at radius 1 is 0.362 bits per heavy atom. The average molecular weight is 811 g/mol. The summed E-state index contributed by atoms with van der Waals surface area (Å²) in [4.78, 5) is 37.8. The lowest BCUT2D eigenvalue weighted by atomic mass is 10.0. The molecule has 0 heterocycles. The number of carbonyl (C=O) groups is 3. The number of unbranched alkanes of at least 4 members (excludes halogenated alkanes) is 23. The lowest BCUT2D eigenvalue weighted by molar-refractivity contribution is -0.166. The summed E-state index contributed by atoms with van der Waals surface area (Å²) in [5.41, 5.74) is 0. The van der Waals surface area contributed by atoms with E-state index in [-0.39, 0.29) is 31.6 Å². The molecule has 0 aromatic rings. The molecule has 0 bridgehead atoms. The second-order valence-electron chi connectivity index (χ2n) is 16.0. The lowest BCUT2D eigenvalue weighted by Crippen LogP contribution is -2.30. The van der Waals surface area contributed by atoms with Gasteiger partial charge in [-0.05, 0) is 44.9 Å². The minimum absolute atomic E-state index is 0.101. The predicted octanol–water partition coefficient (Wildman–Crippen LogP) is 15.7. The van der Waals surface area contributed by atoms with Crippen molar-refractivity contribution in [3.05, 3.63) is 60.8 Å². The molecule has 0 aromatic carbocycles. The van der Waals surface area contributed by atoms with Crippen LogP contribution in [-0.4, -0.2) is 37.2 Å². The Labute approximate surface area is 358 Å². The monoisotopic (exact) mass is 811 g/mol. The molecule has 0 aliphatic heterocycles. The molecule has 6 nitrogen and oxygen atoms in total. The highest BCUT2D eigenvalue weighted by Crippen LogP contribution is 2.15. The van der Waals surface area contributed by atoms with E-state index in [0.29, 0.717) is 12.8 Å². The van der Waals surface area contributed by atoms with Gasteiger partial charge >= 0.3 is 17.9 Å². The first-order chi connectivity index (χ1) is 28.5. The third-order valence-electron chi connectivity index (χ3n) is 10.3. The molecule has 0 N–H and O–H groups in total. The molecule has 6 heteroatoms. The van der Waals surface area contributed by atoms with Crippen molar-refractivity contribution < 1.29 is 28.6 Å². The summed E-state index contributed by atoms with van der Waals surface area (Å²) in [6, 6.07) is 0. The molecule has 0 aliphatic rings. The zero-order chi connectivity index (χ0) is 42.3. The van der Waals surface area contributed by atoms with E-state index in [0.717, 1.165) is 70.6 Å². The van der Waals surface area contributed by atoms with E-state index in [4.69, 9.17) is 14.2 Å². The summed E-state index contributed by atoms with van der Waals surface area (Å²) in [5.74, 6) is -1.03. The van der Waals surface area contributed by atoms with Crippen LogP contribution in [0.4, 0.5) is 0 Å². The molecule has 0 amide bonds. The summed E-state index contributed by atoms with van der Waals surface area (Å²) in [7, 11) is 0. The van der Waals surface area contributed by atoms with Gasteiger partial charge in [0.05, 0.1) is 6.42 Å². The normalized spacial score (nSPS) is 12.5. The maximum Gasteiger partial charge on any atom is 0.309 e. The van der Waals surface area contributed by atoms with Crippen LogP contribution in [0, 0.1) is 0 Å². The summed E-state index contributed by atoms with van der Waals surface area (Å²) in [6.07, 6.45) is 56.5. The molecule has 0 fully saturated rings. The average Bonchev–Trinajstić information content (AvgIpc) is 3.22. The fourth-order valence-corrected chi connectivity index (χ4v) is 6.69. The number of carbonyl (C=O) groups excluding carboxylic acids is 3.